The molecule has 1 saturated heterocycles. The number of hydrogen-bond donors (Lipinski definition) is 2. The second kappa shape index (κ2) is 7.49. The number of urea groups is 1. The number of rotatable bonds is 4. The molecule has 0 aliphatic carbocycles. The van der Waals surface area contributed by atoms with Crippen LogP contribution >= 0.6 is 0 Å². The number of likely N-dealkylation sites (tertiary alicyclic amines) is 1. The van der Waals surface area contributed by atoms with Gasteiger partial charge in [-0.05, 0) is 43.4 Å². The highest BCUT2D eigenvalue weighted by atomic mass is 16.3. The van der Waals surface area contributed by atoms with Crippen molar-refractivity contribution >= 4 is 6.03 Å². The van der Waals surface area contributed by atoms with E-state index >= 15 is 0 Å². The molecular weight excluding hydrogens is 304 g/mol. The number of nitrogens with zero attached hydrogens (tertiary/aromatic N) is 3. The van der Waals surface area contributed by atoms with Crippen molar-refractivity contribution in [3.8, 4) is 5.69 Å². The van der Waals surface area contributed by atoms with Crippen LogP contribution in [0.5, 0.6) is 0 Å². The van der Waals surface area contributed by atoms with Crippen LogP contribution in [-0.4, -0.2) is 45.3 Å². The largest absolute Gasteiger partial charge is 0.396 e. The molecule has 128 valence electrons. The minimum atomic E-state index is -0.0875. The van der Waals surface area contributed by atoms with E-state index in [1.54, 1.807) is 17.4 Å². The Hall–Kier alpha value is -2.34. The highest BCUT2D eigenvalue weighted by molar-refractivity contribution is 5.74. The van der Waals surface area contributed by atoms with Crippen molar-refractivity contribution in [1.29, 1.82) is 0 Å². The monoisotopic (exact) mass is 328 g/mol. The normalized spacial score (nSPS) is 19.1. The summed E-state index contributed by atoms with van der Waals surface area (Å²) in [7, 11) is 0. The van der Waals surface area contributed by atoms with Gasteiger partial charge in [0.05, 0.1) is 12.4 Å². The van der Waals surface area contributed by atoms with E-state index in [9.17, 15) is 9.90 Å². The average molecular weight is 328 g/mol. The molecule has 0 unspecified atom stereocenters. The van der Waals surface area contributed by atoms with Gasteiger partial charge in [0.25, 0.3) is 0 Å². The van der Waals surface area contributed by atoms with Crippen LogP contribution in [0.4, 0.5) is 4.79 Å². The first-order valence-electron chi connectivity index (χ1n) is 8.42. The van der Waals surface area contributed by atoms with E-state index in [2.05, 4.69) is 16.4 Å². The molecule has 6 nitrogen and oxygen atoms in total. The molecule has 6 heteroatoms. The van der Waals surface area contributed by atoms with Gasteiger partial charge in [0.1, 0.15) is 0 Å². The number of benzene rings is 1. The van der Waals surface area contributed by atoms with Crippen LogP contribution in [0.2, 0.25) is 0 Å². The van der Waals surface area contributed by atoms with Crippen molar-refractivity contribution < 1.29 is 9.90 Å². The van der Waals surface area contributed by atoms with Crippen molar-refractivity contribution in [2.45, 2.75) is 25.8 Å². The van der Waals surface area contributed by atoms with E-state index in [0.717, 1.165) is 30.6 Å². The second-order valence-corrected chi connectivity index (χ2v) is 6.37. The summed E-state index contributed by atoms with van der Waals surface area (Å²) in [4.78, 5) is 18.3. The Morgan fingerprint density at radius 2 is 2.38 bits per heavy atom. The first kappa shape index (κ1) is 16.5. The standard InChI is InChI=1S/C18H24N4O2/c1-14(20-18(24)21-8-3-4-15(11-21)12-23)16-5-2-6-17(10-16)22-9-7-19-13-22/h2,5-7,9-10,13-15,23H,3-4,8,11-12H2,1H3,(H,20,24)/t14-,15-/m1/s1. The molecule has 1 aliphatic heterocycles. The van der Waals surface area contributed by atoms with Gasteiger partial charge in [-0.25, -0.2) is 9.78 Å². The van der Waals surface area contributed by atoms with Gasteiger partial charge in [-0.15, -0.1) is 0 Å². The third-order valence-corrected chi connectivity index (χ3v) is 4.58. The third-order valence-electron chi connectivity index (χ3n) is 4.58. The zero-order chi connectivity index (χ0) is 16.9. The Morgan fingerprint density at radius 3 is 3.12 bits per heavy atom. The molecule has 24 heavy (non-hydrogen) atoms. The van der Waals surface area contributed by atoms with E-state index in [1.165, 1.54) is 0 Å². The SMILES string of the molecule is C[C@@H](NC(=O)N1CCC[C@@H](CO)C1)c1cccc(-n2ccnc2)c1. The lowest BCUT2D eigenvalue weighted by molar-refractivity contribution is 0.128. The van der Waals surface area contributed by atoms with Crippen molar-refractivity contribution in [2.75, 3.05) is 19.7 Å². The number of carbonyl (C=O) groups is 1. The number of aliphatic hydroxyl groups is 1. The van der Waals surface area contributed by atoms with E-state index in [1.807, 2.05) is 35.9 Å². The number of amides is 2. The van der Waals surface area contributed by atoms with Crippen LogP contribution < -0.4 is 5.32 Å². The molecule has 2 heterocycles. The molecule has 2 aromatic rings. The number of imidazole rings is 1. The predicted molar refractivity (Wildman–Crippen MR) is 91.9 cm³/mol. The smallest absolute Gasteiger partial charge is 0.317 e. The van der Waals surface area contributed by atoms with Gasteiger partial charge >= 0.3 is 6.03 Å². The lowest BCUT2D eigenvalue weighted by Gasteiger charge is -2.32. The van der Waals surface area contributed by atoms with Crippen molar-refractivity contribution in [3.05, 3.63) is 48.5 Å². The summed E-state index contributed by atoms with van der Waals surface area (Å²) in [5.41, 5.74) is 2.06. The summed E-state index contributed by atoms with van der Waals surface area (Å²) < 4.78 is 1.94. The molecule has 0 radical (unpaired) electrons. The van der Waals surface area contributed by atoms with Crippen LogP contribution in [-0.2, 0) is 0 Å². The molecule has 2 N–H and O–H groups in total. The zero-order valence-electron chi connectivity index (χ0n) is 13.9. The third kappa shape index (κ3) is 3.76. The first-order valence-corrected chi connectivity index (χ1v) is 8.42. The summed E-state index contributed by atoms with van der Waals surface area (Å²) in [6.07, 6.45) is 7.33. The number of piperidine rings is 1. The summed E-state index contributed by atoms with van der Waals surface area (Å²) in [5, 5.41) is 12.4. The van der Waals surface area contributed by atoms with Crippen LogP contribution in [0.25, 0.3) is 5.69 Å². The Morgan fingerprint density at radius 1 is 1.50 bits per heavy atom. The molecule has 1 aromatic heterocycles. The lowest BCUT2D eigenvalue weighted by atomic mass is 9.99. The molecule has 0 bridgehead atoms. The van der Waals surface area contributed by atoms with Crippen molar-refractivity contribution in [2.24, 2.45) is 5.92 Å². The van der Waals surface area contributed by atoms with Crippen LogP contribution in [0.1, 0.15) is 31.4 Å². The number of aromatic nitrogens is 2. The number of aliphatic hydroxyl groups excluding tert-OH is 1. The maximum atomic E-state index is 12.5. The summed E-state index contributed by atoms with van der Waals surface area (Å²) in [5.74, 6) is 0.198. The fourth-order valence-electron chi connectivity index (χ4n) is 3.12. The van der Waals surface area contributed by atoms with Gasteiger partial charge in [0.15, 0.2) is 0 Å². The van der Waals surface area contributed by atoms with E-state index in [4.69, 9.17) is 0 Å². The van der Waals surface area contributed by atoms with Gasteiger partial charge in [-0.3, -0.25) is 0 Å². The zero-order valence-corrected chi connectivity index (χ0v) is 13.9. The Bertz CT molecular complexity index is 671. The molecule has 0 saturated carbocycles. The highest BCUT2D eigenvalue weighted by Gasteiger charge is 2.24. The van der Waals surface area contributed by atoms with Gasteiger partial charge in [-0.1, -0.05) is 12.1 Å². The van der Waals surface area contributed by atoms with Crippen LogP contribution in [0.15, 0.2) is 43.0 Å². The van der Waals surface area contributed by atoms with E-state index in [0.29, 0.717) is 6.54 Å². The molecule has 1 fully saturated rings. The molecule has 1 aromatic carbocycles. The minimum Gasteiger partial charge on any atom is -0.396 e. The Labute approximate surface area is 142 Å². The summed E-state index contributed by atoms with van der Waals surface area (Å²) >= 11 is 0. The predicted octanol–water partition coefficient (Wildman–Crippen LogP) is 2.35. The van der Waals surface area contributed by atoms with Gasteiger partial charge in [-0.2, -0.15) is 0 Å². The number of hydrogen-bond acceptors (Lipinski definition) is 3. The molecule has 0 spiro atoms. The average Bonchev–Trinajstić information content (AvgIpc) is 3.16. The maximum absolute atomic E-state index is 12.5. The minimum absolute atomic E-state index is 0.0614. The topological polar surface area (TPSA) is 70.4 Å². The fraction of sp³-hybridized carbons (Fsp3) is 0.444. The molecule has 3 rings (SSSR count). The maximum Gasteiger partial charge on any atom is 0.317 e. The molecule has 1 aliphatic rings. The van der Waals surface area contributed by atoms with E-state index < -0.39 is 0 Å². The lowest BCUT2D eigenvalue weighted by Crippen LogP contribution is -2.46. The number of carbonyl (C=O) groups excluding carboxylic acids is 1. The van der Waals surface area contributed by atoms with E-state index in [-0.39, 0.29) is 24.6 Å². The Kier molecular flexibility index (Phi) is 5.15. The summed E-state index contributed by atoms with van der Waals surface area (Å²) in [6, 6.07) is 7.91. The highest BCUT2D eigenvalue weighted by Crippen LogP contribution is 2.19. The van der Waals surface area contributed by atoms with Gasteiger partial charge in [0, 0.05) is 37.8 Å². The quantitative estimate of drug-likeness (QED) is 0.905. The van der Waals surface area contributed by atoms with Gasteiger partial charge < -0.3 is 19.9 Å². The molecule has 2 atom stereocenters. The first-order chi connectivity index (χ1) is 11.7. The van der Waals surface area contributed by atoms with Gasteiger partial charge in [0.2, 0.25) is 0 Å². The molecule has 2 amide bonds. The Balaban J connectivity index is 1.65. The van der Waals surface area contributed by atoms with Crippen molar-refractivity contribution in [1.82, 2.24) is 19.8 Å². The second-order valence-electron chi connectivity index (χ2n) is 6.37. The fourth-order valence-corrected chi connectivity index (χ4v) is 3.12. The van der Waals surface area contributed by atoms with Crippen LogP contribution in [0, 0.1) is 5.92 Å². The van der Waals surface area contributed by atoms with Crippen LogP contribution in [0.3, 0.4) is 0 Å². The number of nitrogens with one attached hydrogen (secondary N) is 1. The summed E-state index contributed by atoms with van der Waals surface area (Å²) in [6.45, 7) is 3.51. The van der Waals surface area contributed by atoms with Crippen molar-refractivity contribution in [3.63, 3.8) is 0 Å². The molecular formula is C18H24N4O2.